The number of hydrogen-bond donors (Lipinski definition) is 0. The molecule has 0 bridgehead atoms. The fourth-order valence-corrected chi connectivity index (χ4v) is 3.56. The van der Waals surface area contributed by atoms with E-state index < -0.39 is 15.0 Å². The third-order valence-electron chi connectivity index (χ3n) is 2.40. The van der Waals surface area contributed by atoms with Crippen LogP contribution in [0.4, 0.5) is 5.69 Å². The minimum Gasteiger partial charge on any atom is -0.379 e. The SMILES string of the molecule is O=[N+]([O-])c1cccc(OS(=O)(=O)c2c(Cl)cccc2Cl)c1. The van der Waals surface area contributed by atoms with Crippen molar-refractivity contribution in [2.75, 3.05) is 0 Å². The Morgan fingerprint density at radius 1 is 1.05 bits per heavy atom. The zero-order chi connectivity index (χ0) is 15.6. The molecule has 0 heterocycles. The van der Waals surface area contributed by atoms with E-state index in [1.54, 1.807) is 0 Å². The predicted molar refractivity (Wildman–Crippen MR) is 77.4 cm³/mol. The van der Waals surface area contributed by atoms with Crippen LogP contribution in [0, 0.1) is 10.1 Å². The molecular formula is C12H7Cl2NO5S. The normalized spacial score (nSPS) is 11.1. The van der Waals surface area contributed by atoms with Crippen LogP contribution in [0.2, 0.25) is 10.0 Å². The minimum atomic E-state index is -4.30. The summed E-state index contributed by atoms with van der Waals surface area (Å²) in [6.45, 7) is 0. The molecule has 0 radical (unpaired) electrons. The van der Waals surface area contributed by atoms with Crippen molar-refractivity contribution in [3.63, 3.8) is 0 Å². The number of rotatable bonds is 4. The van der Waals surface area contributed by atoms with Crippen molar-refractivity contribution in [1.82, 2.24) is 0 Å². The number of benzene rings is 2. The maximum absolute atomic E-state index is 12.2. The van der Waals surface area contributed by atoms with Gasteiger partial charge in [0.25, 0.3) is 5.69 Å². The smallest absolute Gasteiger partial charge is 0.342 e. The Kier molecular flexibility index (Phi) is 4.36. The molecule has 0 unspecified atom stereocenters. The maximum Gasteiger partial charge on any atom is 0.342 e. The molecule has 6 nitrogen and oxygen atoms in total. The summed E-state index contributed by atoms with van der Waals surface area (Å²) in [5.74, 6) is -0.208. The lowest BCUT2D eigenvalue weighted by Gasteiger charge is -2.09. The Labute approximate surface area is 130 Å². The Hall–Kier alpha value is -1.83. The Bertz CT molecular complexity index is 787. The van der Waals surface area contributed by atoms with Crippen LogP contribution in [0.5, 0.6) is 5.75 Å². The summed E-state index contributed by atoms with van der Waals surface area (Å²) in [6, 6.07) is 8.95. The molecule has 0 saturated carbocycles. The van der Waals surface area contributed by atoms with E-state index >= 15 is 0 Å². The maximum atomic E-state index is 12.2. The van der Waals surface area contributed by atoms with Gasteiger partial charge in [0.05, 0.1) is 21.0 Å². The van der Waals surface area contributed by atoms with Crippen molar-refractivity contribution in [3.05, 3.63) is 62.6 Å². The van der Waals surface area contributed by atoms with Crippen molar-refractivity contribution >= 4 is 39.0 Å². The lowest BCUT2D eigenvalue weighted by atomic mass is 10.3. The van der Waals surface area contributed by atoms with E-state index in [-0.39, 0.29) is 26.4 Å². The number of nitro groups is 1. The number of hydrogen-bond acceptors (Lipinski definition) is 5. The topological polar surface area (TPSA) is 86.5 Å². The fraction of sp³-hybridized carbons (Fsp3) is 0. The van der Waals surface area contributed by atoms with Crippen LogP contribution in [0.15, 0.2) is 47.4 Å². The van der Waals surface area contributed by atoms with Crippen LogP contribution in [0.1, 0.15) is 0 Å². The quantitative estimate of drug-likeness (QED) is 0.478. The Morgan fingerprint density at radius 3 is 2.19 bits per heavy atom. The van der Waals surface area contributed by atoms with E-state index in [9.17, 15) is 18.5 Å². The molecule has 0 amide bonds. The lowest BCUT2D eigenvalue weighted by Crippen LogP contribution is -2.11. The molecule has 2 aromatic carbocycles. The highest BCUT2D eigenvalue weighted by Gasteiger charge is 2.24. The summed E-state index contributed by atoms with van der Waals surface area (Å²) in [5, 5.41) is 10.4. The third kappa shape index (κ3) is 3.44. The summed E-state index contributed by atoms with van der Waals surface area (Å²) in [6.07, 6.45) is 0. The van der Waals surface area contributed by atoms with E-state index in [4.69, 9.17) is 27.4 Å². The molecule has 0 aromatic heterocycles. The second kappa shape index (κ2) is 5.88. The van der Waals surface area contributed by atoms with Gasteiger partial charge >= 0.3 is 10.1 Å². The first-order valence-corrected chi connectivity index (χ1v) is 7.60. The summed E-state index contributed by atoms with van der Waals surface area (Å²) in [5.41, 5.74) is -0.298. The van der Waals surface area contributed by atoms with Crippen LogP contribution in [0.25, 0.3) is 0 Å². The molecule has 110 valence electrons. The third-order valence-corrected chi connectivity index (χ3v) is 4.61. The first-order chi connectivity index (χ1) is 9.81. The predicted octanol–water partition coefficient (Wildman–Crippen LogP) is 3.67. The van der Waals surface area contributed by atoms with E-state index in [0.717, 1.165) is 6.07 Å². The van der Waals surface area contributed by atoms with Crippen LogP contribution >= 0.6 is 23.2 Å². The van der Waals surface area contributed by atoms with Crippen LogP contribution in [-0.4, -0.2) is 13.3 Å². The Balaban J connectivity index is 2.43. The highest BCUT2D eigenvalue weighted by atomic mass is 35.5. The molecule has 0 fully saturated rings. The van der Waals surface area contributed by atoms with Crippen LogP contribution in [-0.2, 0) is 10.1 Å². The van der Waals surface area contributed by atoms with Gasteiger partial charge in [-0.25, -0.2) is 0 Å². The van der Waals surface area contributed by atoms with Crippen LogP contribution in [0.3, 0.4) is 0 Å². The summed E-state index contributed by atoms with van der Waals surface area (Å²) in [4.78, 5) is 9.60. The van der Waals surface area contributed by atoms with Gasteiger partial charge in [-0.2, -0.15) is 8.42 Å². The van der Waals surface area contributed by atoms with Gasteiger partial charge in [-0.05, 0) is 18.2 Å². The van der Waals surface area contributed by atoms with Gasteiger partial charge in [-0.1, -0.05) is 35.3 Å². The molecule has 2 rings (SSSR count). The average Bonchev–Trinajstić information content (AvgIpc) is 2.37. The van der Waals surface area contributed by atoms with Gasteiger partial charge in [0.15, 0.2) is 0 Å². The van der Waals surface area contributed by atoms with Crippen molar-refractivity contribution in [2.45, 2.75) is 4.90 Å². The first kappa shape index (κ1) is 15.6. The van der Waals surface area contributed by atoms with Crippen LogP contribution < -0.4 is 4.18 Å². The van der Waals surface area contributed by atoms with Gasteiger partial charge in [-0.15, -0.1) is 0 Å². The molecule has 9 heteroatoms. The zero-order valence-electron chi connectivity index (χ0n) is 10.2. The number of nitrogens with zero attached hydrogens (tertiary/aromatic N) is 1. The molecular weight excluding hydrogens is 341 g/mol. The van der Waals surface area contributed by atoms with E-state index in [0.29, 0.717) is 0 Å². The highest BCUT2D eigenvalue weighted by Crippen LogP contribution is 2.31. The van der Waals surface area contributed by atoms with E-state index in [2.05, 4.69) is 0 Å². The number of nitro benzene ring substituents is 1. The number of non-ortho nitro benzene ring substituents is 1. The minimum absolute atomic E-state index is 0.104. The monoisotopic (exact) mass is 347 g/mol. The average molecular weight is 348 g/mol. The second-order valence-electron chi connectivity index (χ2n) is 3.84. The van der Waals surface area contributed by atoms with E-state index in [1.165, 1.54) is 36.4 Å². The Morgan fingerprint density at radius 2 is 1.62 bits per heavy atom. The molecule has 0 atom stereocenters. The molecule has 0 saturated heterocycles. The summed E-state index contributed by atoms with van der Waals surface area (Å²) < 4.78 is 29.2. The summed E-state index contributed by atoms with van der Waals surface area (Å²) in [7, 11) is -4.30. The van der Waals surface area contributed by atoms with E-state index in [1.807, 2.05) is 0 Å². The zero-order valence-corrected chi connectivity index (χ0v) is 12.5. The van der Waals surface area contributed by atoms with Gasteiger partial charge in [-0.3, -0.25) is 10.1 Å². The highest BCUT2D eigenvalue weighted by molar-refractivity contribution is 7.87. The molecule has 0 aliphatic heterocycles. The largest absolute Gasteiger partial charge is 0.379 e. The van der Waals surface area contributed by atoms with Gasteiger partial charge in [0.1, 0.15) is 10.6 Å². The molecule has 0 spiro atoms. The second-order valence-corrected chi connectivity index (χ2v) is 6.14. The standard InChI is InChI=1S/C12H7Cl2NO5S/c13-10-5-2-6-11(14)12(10)21(18,19)20-9-4-1-3-8(7-9)15(16)17/h1-7H. The molecule has 0 aliphatic carbocycles. The van der Waals surface area contributed by atoms with Crippen molar-refractivity contribution in [2.24, 2.45) is 0 Å². The molecule has 2 aromatic rings. The van der Waals surface area contributed by atoms with Crippen molar-refractivity contribution in [1.29, 1.82) is 0 Å². The number of halogens is 2. The first-order valence-electron chi connectivity index (χ1n) is 5.44. The molecule has 21 heavy (non-hydrogen) atoms. The van der Waals surface area contributed by atoms with Crippen molar-refractivity contribution < 1.29 is 17.5 Å². The molecule has 0 N–H and O–H groups in total. The summed E-state index contributed by atoms with van der Waals surface area (Å²) >= 11 is 11.6. The van der Waals surface area contributed by atoms with Gasteiger partial charge in [0, 0.05) is 6.07 Å². The molecule has 0 aliphatic rings. The van der Waals surface area contributed by atoms with Gasteiger partial charge < -0.3 is 4.18 Å². The fourth-order valence-electron chi connectivity index (χ4n) is 1.54. The van der Waals surface area contributed by atoms with Gasteiger partial charge in [0.2, 0.25) is 0 Å². The van der Waals surface area contributed by atoms with Crippen molar-refractivity contribution in [3.8, 4) is 5.75 Å². The lowest BCUT2D eigenvalue weighted by molar-refractivity contribution is -0.384.